The third-order valence-corrected chi connectivity index (χ3v) is 14.3. The number of amides is 1. The summed E-state index contributed by atoms with van der Waals surface area (Å²) >= 11 is 0. The van der Waals surface area contributed by atoms with Crippen LogP contribution in [0.2, 0.25) is 0 Å². The third-order valence-electron chi connectivity index (χ3n) is 13.3. The van der Waals surface area contributed by atoms with Gasteiger partial charge in [0.15, 0.2) is 0 Å². The molecule has 0 aromatic rings. The monoisotopic (exact) mass is 1120 g/mol. The van der Waals surface area contributed by atoms with Gasteiger partial charge in [0.05, 0.1) is 39.9 Å². The minimum absolute atomic E-state index is 0.0340. The highest BCUT2D eigenvalue weighted by Crippen LogP contribution is 2.43. The number of nitrogens with one attached hydrogen (secondary N) is 1. The molecule has 0 aromatic carbocycles. The summed E-state index contributed by atoms with van der Waals surface area (Å²) in [6.07, 6.45) is 91.3. The summed E-state index contributed by atoms with van der Waals surface area (Å²) in [7, 11) is 1.49. The largest absolute Gasteiger partial charge is 0.472 e. The van der Waals surface area contributed by atoms with Gasteiger partial charge in [0.25, 0.3) is 0 Å². The fourth-order valence-corrected chi connectivity index (χ4v) is 9.11. The fraction of sp³-hybridized carbons (Fsp3) is 0.643. The van der Waals surface area contributed by atoms with E-state index in [1.165, 1.54) is 122 Å². The van der Waals surface area contributed by atoms with Gasteiger partial charge in [-0.3, -0.25) is 13.8 Å². The highest BCUT2D eigenvalue weighted by molar-refractivity contribution is 7.47. The summed E-state index contributed by atoms with van der Waals surface area (Å²) in [5.41, 5.74) is 0. The number of quaternary nitrogens is 1. The molecule has 0 spiro atoms. The Morgan fingerprint density at radius 3 is 1.16 bits per heavy atom. The number of hydrogen-bond donors (Lipinski definition) is 3. The van der Waals surface area contributed by atoms with Crippen molar-refractivity contribution in [2.24, 2.45) is 0 Å². The second-order valence-electron chi connectivity index (χ2n) is 22.0. The lowest BCUT2D eigenvalue weighted by atomic mass is 10.0. The summed E-state index contributed by atoms with van der Waals surface area (Å²) in [6.45, 7) is 4.63. The van der Waals surface area contributed by atoms with Crippen molar-refractivity contribution >= 4 is 13.7 Å². The zero-order valence-corrected chi connectivity index (χ0v) is 52.2. The van der Waals surface area contributed by atoms with Crippen LogP contribution in [-0.4, -0.2) is 73.4 Å². The van der Waals surface area contributed by atoms with Crippen LogP contribution in [0.15, 0.2) is 146 Å². The number of hydrogen-bond acceptors (Lipinski definition) is 5. The molecule has 0 aromatic heterocycles. The van der Waals surface area contributed by atoms with E-state index in [-0.39, 0.29) is 25.5 Å². The van der Waals surface area contributed by atoms with Gasteiger partial charge in [-0.05, 0) is 109 Å². The van der Waals surface area contributed by atoms with E-state index in [2.05, 4.69) is 153 Å². The standard InChI is InChI=1S/C70H119N2O6P/c1-6-8-10-12-14-16-18-20-22-24-26-28-30-32-34-36-38-40-42-44-46-48-50-52-54-56-58-60-62-64-70(74)71-68(67-78-79(75,76)77-66-65-72(3,4)5)69(73)63-61-59-57-55-53-51-49-47-45-43-41-39-37-35-33-31-29-27-25-23-21-19-17-15-13-11-9-7-2/h8,10,14,16,20,22,26,28,32,34,38,40,44-47,50,52-53,55-56,58,61,63,68-69,73H,6-7,9,11-13,15,17-19,21,23-25,27,29-31,33,35-37,39,41-43,48-49,51,54,57,59-60,62,64-67H2,1-5H3,(H-,71,74,75,76)/p+1/b10-8-,16-14-,22-20-,28-26-,34-32-,40-38-,46-44-,47-45+,52-50-,55-53+,58-56-,63-61+. The number of likely N-dealkylation sites (N-methyl/N-ethyl adjacent to an activating group) is 1. The van der Waals surface area contributed by atoms with Gasteiger partial charge in [-0.1, -0.05) is 269 Å². The van der Waals surface area contributed by atoms with E-state index in [0.29, 0.717) is 17.4 Å². The summed E-state index contributed by atoms with van der Waals surface area (Å²) in [5, 5.41) is 13.9. The topological polar surface area (TPSA) is 105 Å². The molecule has 450 valence electrons. The first-order chi connectivity index (χ1) is 38.5. The number of carbonyl (C=O) groups excluding carboxylic acids is 1. The Kier molecular flexibility index (Phi) is 56.3. The van der Waals surface area contributed by atoms with E-state index in [0.717, 1.165) is 89.9 Å². The molecular formula is C70H120N2O6P+. The lowest BCUT2D eigenvalue weighted by Gasteiger charge is -2.25. The summed E-state index contributed by atoms with van der Waals surface area (Å²) < 4.78 is 23.7. The van der Waals surface area contributed by atoms with Gasteiger partial charge in [0.1, 0.15) is 13.2 Å². The molecule has 0 radical (unpaired) electrons. The van der Waals surface area contributed by atoms with Crippen LogP contribution < -0.4 is 5.32 Å². The van der Waals surface area contributed by atoms with E-state index in [9.17, 15) is 19.4 Å². The van der Waals surface area contributed by atoms with Crippen molar-refractivity contribution in [1.29, 1.82) is 0 Å². The maximum atomic E-state index is 13.0. The normalized spacial score (nSPS) is 14.8. The van der Waals surface area contributed by atoms with Crippen LogP contribution >= 0.6 is 7.82 Å². The maximum absolute atomic E-state index is 13.0. The van der Waals surface area contributed by atoms with Gasteiger partial charge in [-0.15, -0.1) is 0 Å². The molecule has 0 aliphatic rings. The molecule has 0 aliphatic carbocycles. The number of carbonyl (C=O) groups is 1. The molecule has 1 amide bonds. The first-order valence-electron chi connectivity index (χ1n) is 31.7. The zero-order valence-electron chi connectivity index (χ0n) is 51.3. The minimum atomic E-state index is -4.39. The molecule has 79 heavy (non-hydrogen) atoms. The average Bonchev–Trinajstić information content (AvgIpc) is 3.42. The minimum Gasteiger partial charge on any atom is -0.387 e. The highest BCUT2D eigenvalue weighted by Gasteiger charge is 2.27. The zero-order chi connectivity index (χ0) is 57.7. The lowest BCUT2D eigenvalue weighted by Crippen LogP contribution is -2.45. The smallest absolute Gasteiger partial charge is 0.387 e. The summed E-state index contributed by atoms with van der Waals surface area (Å²) in [4.78, 5) is 23.3. The van der Waals surface area contributed by atoms with E-state index < -0.39 is 20.0 Å². The Labute approximate surface area is 487 Å². The van der Waals surface area contributed by atoms with E-state index >= 15 is 0 Å². The molecule has 0 bridgehead atoms. The number of aliphatic hydroxyl groups excluding tert-OH is 1. The fourth-order valence-electron chi connectivity index (χ4n) is 8.37. The Morgan fingerprint density at radius 2 is 0.772 bits per heavy atom. The summed E-state index contributed by atoms with van der Waals surface area (Å²) in [5.74, 6) is -0.253. The van der Waals surface area contributed by atoms with Crippen molar-refractivity contribution in [3.05, 3.63) is 146 Å². The second-order valence-corrected chi connectivity index (χ2v) is 23.5. The number of phosphoric acid groups is 1. The molecule has 8 nitrogen and oxygen atoms in total. The van der Waals surface area contributed by atoms with Gasteiger partial charge in [0.2, 0.25) is 5.91 Å². The van der Waals surface area contributed by atoms with Gasteiger partial charge in [0, 0.05) is 6.42 Å². The predicted octanol–water partition coefficient (Wildman–Crippen LogP) is 20.0. The molecule has 3 atom stereocenters. The number of nitrogens with zero attached hydrogens (tertiary/aromatic N) is 1. The average molecular weight is 1120 g/mol. The number of aliphatic hydroxyl groups is 1. The Morgan fingerprint density at radius 1 is 0.443 bits per heavy atom. The molecule has 0 heterocycles. The number of allylic oxidation sites excluding steroid dienone is 23. The maximum Gasteiger partial charge on any atom is 0.472 e. The predicted molar refractivity (Wildman–Crippen MR) is 345 cm³/mol. The first-order valence-corrected chi connectivity index (χ1v) is 33.2. The van der Waals surface area contributed by atoms with Gasteiger partial charge in [-0.2, -0.15) is 0 Å². The van der Waals surface area contributed by atoms with Crippen molar-refractivity contribution < 1.29 is 32.9 Å². The van der Waals surface area contributed by atoms with E-state index in [1.807, 2.05) is 27.2 Å². The lowest BCUT2D eigenvalue weighted by molar-refractivity contribution is -0.870. The molecule has 3 unspecified atom stereocenters. The number of rotatable bonds is 56. The molecule has 0 aliphatic heterocycles. The number of unbranched alkanes of at least 4 members (excludes halogenated alkanes) is 21. The first kappa shape index (κ1) is 75.4. The van der Waals surface area contributed by atoms with Crippen LogP contribution in [0.5, 0.6) is 0 Å². The van der Waals surface area contributed by atoms with Gasteiger partial charge in [-0.25, -0.2) is 4.57 Å². The Bertz CT molecular complexity index is 1790. The molecular weight excluding hydrogens is 996 g/mol. The highest BCUT2D eigenvalue weighted by atomic mass is 31.2. The number of phosphoric ester groups is 1. The summed E-state index contributed by atoms with van der Waals surface area (Å²) in [6, 6.07) is -0.914. The van der Waals surface area contributed by atoms with Crippen molar-refractivity contribution in [2.75, 3.05) is 40.9 Å². The molecule has 3 N–H and O–H groups in total. The SMILES string of the molecule is CC/C=C\C/C=C\C/C=C\C/C=C\C/C=C\C/C=C\C/C=C\C/C=C\C/C=C\CCCC(=O)NC(COP(=O)(O)OCC[N+](C)(C)C)C(O)/C=C/CC/C=C/CC/C=C/CCCCCCCCCCCCCCCCCCCC. The van der Waals surface area contributed by atoms with Crippen LogP contribution in [0, 0.1) is 0 Å². The Hall–Kier alpha value is -3.62. The molecule has 9 heteroatoms. The van der Waals surface area contributed by atoms with Crippen molar-refractivity contribution in [3.63, 3.8) is 0 Å². The van der Waals surface area contributed by atoms with E-state index in [4.69, 9.17) is 9.05 Å². The third kappa shape index (κ3) is 61.8. The van der Waals surface area contributed by atoms with Crippen LogP contribution in [0.4, 0.5) is 0 Å². The van der Waals surface area contributed by atoms with Crippen LogP contribution in [-0.2, 0) is 18.4 Å². The Balaban J connectivity index is 4.38. The van der Waals surface area contributed by atoms with Crippen molar-refractivity contribution in [3.8, 4) is 0 Å². The molecule has 0 saturated heterocycles. The van der Waals surface area contributed by atoms with E-state index in [1.54, 1.807) is 6.08 Å². The quantitative estimate of drug-likeness (QED) is 0.0243. The molecule has 0 saturated carbocycles. The van der Waals surface area contributed by atoms with Crippen LogP contribution in [0.1, 0.15) is 239 Å². The van der Waals surface area contributed by atoms with Gasteiger partial charge >= 0.3 is 7.82 Å². The van der Waals surface area contributed by atoms with Crippen LogP contribution in [0.3, 0.4) is 0 Å². The molecule has 0 rings (SSSR count). The second kappa shape index (κ2) is 59.0. The van der Waals surface area contributed by atoms with Crippen LogP contribution in [0.25, 0.3) is 0 Å². The van der Waals surface area contributed by atoms with Crippen molar-refractivity contribution in [1.82, 2.24) is 5.32 Å². The van der Waals surface area contributed by atoms with Crippen molar-refractivity contribution in [2.45, 2.75) is 251 Å². The molecule has 0 fully saturated rings. The van der Waals surface area contributed by atoms with Gasteiger partial charge < -0.3 is 19.8 Å².